The van der Waals surface area contributed by atoms with Crippen LogP contribution in [0.4, 0.5) is 5.95 Å². The highest BCUT2D eigenvalue weighted by Crippen LogP contribution is 2.30. The third kappa shape index (κ3) is 3.68. The monoisotopic (exact) mass is 277 g/mol. The largest absolute Gasteiger partial charge is 0.465 e. The predicted octanol–water partition coefficient (Wildman–Crippen LogP) is 2.44. The fraction of sp³-hybridized carbons (Fsp3) is 0.667. The summed E-state index contributed by atoms with van der Waals surface area (Å²) in [5, 5.41) is 0. The van der Waals surface area contributed by atoms with Gasteiger partial charge in [0.1, 0.15) is 6.54 Å². The van der Waals surface area contributed by atoms with Crippen LogP contribution in [0.3, 0.4) is 0 Å². The highest BCUT2D eigenvalue weighted by molar-refractivity contribution is 5.75. The molecule has 0 aliphatic heterocycles. The second-order valence-electron chi connectivity index (χ2n) is 5.55. The number of hydrogen-bond donors (Lipinski definition) is 0. The number of anilines is 1. The summed E-state index contributed by atoms with van der Waals surface area (Å²) in [6.45, 7) is 8.64. The fourth-order valence-electron chi connectivity index (χ4n) is 2.10. The summed E-state index contributed by atoms with van der Waals surface area (Å²) in [6.07, 6.45) is 2.18. The van der Waals surface area contributed by atoms with Crippen molar-refractivity contribution >= 4 is 11.9 Å². The van der Waals surface area contributed by atoms with E-state index in [0.29, 0.717) is 24.5 Å². The van der Waals surface area contributed by atoms with Gasteiger partial charge in [0.05, 0.1) is 6.61 Å². The average molecular weight is 277 g/mol. The summed E-state index contributed by atoms with van der Waals surface area (Å²) in [6, 6.07) is 2.38. The lowest BCUT2D eigenvalue weighted by Gasteiger charge is -2.22. The Labute approximate surface area is 120 Å². The molecule has 0 N–H and O–H groups in total. The third-order valence-corrected chi connectivity index (χ3v) is 3.30. The van der Waals surface area contributed by atoms with E-state index in [1.165, 1.54) is 0 Å². The number of rotatable bonds is 6. The van der Waals surface area contributed by atoms with Gasteiger partial charge in [-0.25, -0.2) is 9.97 Å². The van der Waals surface area contributed by atoms with Gasteiger partial charge < -0.3 is 9.64 Å². The molecule has 20 heavy (non-hydrogen) atoms. The standard InChI is InChI=1S/C15H23N3O2/c1-5-20-14(19)9-18(12-6-7-12)15-16-11(4)8-13(17-15)10(2)3/h8,10,12H,5-7,9H2,1-4H3. The molecule has 1 aliphatic carbocycles. The molecule has 1 aliphatic rings. The summed E-state index contributed by atoms with van der Waals surface area (Å²) in [7, 11) is 0. The van der Waals surface area contributed by atoms with Crippen LogP contribution in [0.1, 0.15) is 50.9 Å². The molecule has 1 aromatic rings. The van der Waals surface area contributed by atoms with E-state index >= 15 is 0 Å². The molecular weight excluding hydrogens is 254 g/mol. The number of nitrogens with zero attached hydrogens (tertiary/aromatic N) is 3. The van der Waals surface area contributed by atoms with Crippen LogP contribution in [-0.2, 0) is 9.53 Å². The van der Waals surface area contributed by atoms with Gasteiger partial charge in [-0.2, -0.15) is 0 Å². The maximum atomic E-state index is 11.7. The zero-order valence-corrected chi connectivity index (χ0v) is 12.7. The lowest BCUT2D eigenvalue weighted by atomic mass is 10.1. The topological polar surface area (TPSA) is 55.3 Å². The van der Waals surface area contributed by atoms with Gasteiger partial charge in [-0.3, -0.25) is 4.79 Å². The highest BCUT2D eigenvalue weighted by atomic mass is 16.5. The second kappa shape index (κ2) is 6.20. The zero-order valence-electron chi connectivity index (χ0n) is 12.7. The Morgan fingerprint density at radius 3 is 2.70 bits per heavy atom. The van der Waals surface area contributed by atoms with Crippen molar-refractivity contribution in [2.24, 2.45) is 0 Å². The summed E-state index contributed by atoms with van der Waals surface area (Å²) >= 11 is 0. The Balaban J connectivity index is 2.22. The normalized spacial score (nSPS) is 14.4. The first kappa shape index (κ1) is 14.8. The minimum Gasteiger partial charge on any atom is -0.465 e. The molecule has 0 bridgehead atoms. The molecule has 0 aromatic carbocycles. The number of carbonyl (C=O) groups excluding carboxylic acids is 1. The van der Waals surface area contributed by atoms with E-state index in [9.17, 15) is 4.79 Å². The number of hydrogen-bond acceptors (Lipinski definition) is 5. The van der Waals surface area contributed by atoms with Gasteiger partial charge in [-0.15, -0.1) is 0 Å². The summed E-state index contributed by atoms with van der Waals surface area (Å²) in [5.74, 6) is 0.791. The molecule has 1 aromatic heterocycles. The second-order valence-corrected chi connectivity index (χ2v) is 5.55. The maximum Gasteiger partial charge on any atom is 0.325 e. The predicted molar refractivity (Wildman–Crippen MR) is 77.9 cm³/mol. The van der Waals surface area contributed by atoms with Crippen molar-refractivity contribution in [3.63, 3.8) is 0 Å². The van der Waals surface area contributed by atoms with Gasteiger partial charge >= 0.3 is 5.97 Å². The van der Waals surface area contributed by atoms with Crippen LogP contribution >= 0.6 is 0 Å². The zero-order chi connectivity index (χ0) is 14.7. The molecule has 1 saturated carbocycles. The van der Waals surface area contributed by atoms with Gasteiger partial charge in [0.25, 0.3) is 0 Å². The summed E-state index contributed by atoms with van der Waals surface area (Å²) in [5.41, 5.74) is 1.95. The smallest absolute Gasteiger partial charge is 0.325 e. The van der Waals surface area contributed by atoms with Crippen LogP contribution in [0.15, 0.2) is 6.07 Å². The molecule has 5 heteroatoms. The summed E-state index contributed by atoms with van der Waals surface area (Å²) < 4.78 is 5.04. The van der Waals surface area contributed by atoms with Gasteiger partial charge in [0, 0.05) is 17.4 Å². The Bertz CT molecular complexity index is 484. The van der Waals surface area contributed by atoms with E-state index in [0.717, 1.165) is 24.2 Å². The van der Waals surface area contributed by atoms with Crippen molar-refractivity contribution in [1.82, 2.24) is 9.97 Å². The summed E-state index contributed by atoms with van der Waals surface area (Å²) in [4.78, 5) is 22.8. The molecule has 0 spiro atoms. The van der Waals surface area contributed by atoms with Gasteiger partial charge in [0.2, 0.25) is 5.95 Å². The third-order valence-electron chi connectivity index (χ3n) is 3.30. The van der Waals surface area contributed by atoms with Crippen molar-refractivity contribution in [2.75, 3.05) is 18.1 Å². The van der Waals surface area contributed by atoms with Crippen LogP contribution in [0.25, 0.3) is 0 Å². The lowest BCUT2D eigenvalue weighted by Crippen LogP contribution is -2.34. The highest BCUT2D eigenvalue weighted by Gasteiger charge is 2.33. The SMILES string of the molecule is CCOC(=O)CN(c1nc(C)cc(C(C)C)n1)C1CC1. The molecule has 0 unspecified atom stereocenters. The maximum absolute atomic E-state index is 11.7. The molecule has 0 atom stereocenters. The molecule has 110 valence electrons. The van der Waals surface area contributed by atoms with Gasteiger partial charge in [0.15, 0.2) is 0 Å². The average Bonchev–Trinajstić information content (AvgIpc) is 3.19. The number of ether oxygens (including phenoxy) is 1. The van der Waals surface area contributed by atoms with Crippen LogP contribution in [0.5, 0.6) is 0 Å². The van der Waals surface area contributed by atoms with Crippen molar-refractivity contribution in [3.05, 3.63) is 17.5 Å². The van der Waals surface area contributed by atoms with E-state index in [-0.39, 0.29) is 12.5 Å². The first-order valence-corrected chi connectivity index (χ1v) is 7.29. The van der Waals surface area contributed by atoms with Gasteiger partial charge in [-0.05, 0) is 38.7 Å². The van der Waals surface area contributed by atoms with E-state index in [4.69, 9.17) is 4.74 Å². The Kier molecular flexibility index (Phi) is 4.57. The molecule has 1 fully saturated rings. The Morgan fingerprint density at radius 2 is 2.15 bits per heavy atom. The minimum absolute atomic E-state index is 0.212. The minimum atomic E-state index is -0.212. The number of aromatic nitrogens is 2. The van der Waals surface area contributed by atoms with E-state index < -0.39 is 0 Å². The molecule has 1 heterocycles. The van der Waals surface area contributed by atoms with Crippen molar-refractivity contribution in [1.29, 1.82) is 0 Å². The lowest BCUT2D eigenvalue weighted by molar-refractivity contribution is -0.141. The first-order valence-electron chi connectivity index (χ1n) is 7.29. The fourth-order valence-corrected chi connectivity index (χ4v) is 2.10. The van der Waals surface area contributed by atoms with Crippen molar-refractivity contribution in [2.45, 2.75) is 52.5 Å². The van der Waals surface area contributed by atoms with Crippen LogP contribution in [0.2, 0.25) is 0 Å². The van der Waals surface area contributed by atoms with E-state index in [2.05, 4.69) is 23.8 Å². The Morgan fingerprint density at radius 1 is 1.45 bits per heavy atom. The van der Waals surface area contributed by atoms with E-state index in [1.807, 2.05) is 24.8 Å². The molecule has 0 saturated heterocycles. The Hall–Kier alpha value is -1.65. The molecule has 0 amide bonds. The van der Waals surface area contributed by atoms with Crippen LogP contribution in [0, 0.1) is 6.92 Å². The molecule has 5 nitrogen and oxygen atoms in total. The van der Waals surface area contributed by atoms with Gasteiger partial charge in [-0.1, -0.05) is 13.8 Å². The number of carbonyl (C=O) groups is 1. The van der Waals surface area contributed by atoms with Crippen LogP contribution in [-0.4, -0.2) is 35.1 Å². The molecule has 0 radical (unpaired) electrons. The quantitative estimate of drug-likeness (QED) is 0.748. The van der Waals surface area contributed by atoms with Crippen LogP contribution < -0.4 is 4.90 Å². The van der Waals surface area contributed by atoms with E-state index in [1.54, 1.807) is 0 Å². The number of esters is 1. The number of aryl methyl sites for hydroxylation is 1. The van der Waals surface area contributed by atoms with Crippen molar-refractivity contribution in [3.8, 4) is 0 Å². The molecular formula is C15H23N3O2. The first-order chi connectivity index (χ1) is 9.51. The van der Waals surface area contributed by atoms with Crippen molar-refractivity contribution < 1.29 is 9.53 Å². The molecule has 2 rings (SSSR count).